The number of amides is 3. The lowest BCUT2D eigenvalue weighted by molar-refractivity contribution is -0.139. The van der Waals surface area contributed by atoms with Gasteiger partial charge in [-0.2, -0.15) is 0 Å². The number of likely N-dealkylation sites (N-methyl/N-ethyl adjacent to an activating group) is 1. The van der Waals surface area contributed by atoms with Crippen molar-refractivity contribution in [1.29, 1.82) is 0 Å². The topological polar surface area (TPSA) is 91.3 Å². The van der Waals surface area contributed by atoms with Gasteiger partial charge in [0, 0.05) is 18.1 Å². The number of nitrogens with one attached hydrogen (secondary N) is 1. The minimum atomic E-state index is -0.642. The van der Waals surface area contributed by atoms with Crippen LogP contribution < -0.4 is 5.32 Å². The molecule has 0 aromatic heterocycles. The summed E-state index contributed by atoms with van der Waals surface area (Å²) in [5.41, 5.74) is 0.974. The molecule has 1 N–H and O–H groups in total. The van der Waals surface area contributed by atoms with Crippen molar-refractivity contribution in [3.8, 4) is 0 Å². The number of aliphatic imine (C=N–C) groups is 1. The normalized spacial score (nSPS) is 21.7. The number of thioether (sulfide) groups is 1. The second kappa shape index (κ2) is 8.30. The quantitative estimate of drug-likeness (QED) is 0.681. The molecule has 8 nitrogen and oxygen atoms in total. The first-order valence-electron chi connectivity index (χ1n) is 8.35. The van der Waals surface area contributed by atoms with Crippen LogP contribution in [0.1, 0.15) is 12.5 Å². The van der Waals surface area contributed by atoms with E-state index in [0.29, 0.717) is 18.3 Å². The van der Waals surface area contributed by atoms with Gasteiger partial charge in [-0.25, -0.2) is 9.79 Å². The second-order valence-corrected chi connectivity index (χ2v) is 7.89. The number of halogens is 1. The molecule has 144 valence electrons. The summed E-state index contributed by atoms with van der Waals surface area (Å²) in [7, 11) is 1.60. The van der Waals surface area contributed by atoms with Crippen molar-refractivity contribution in [2.24, 2.45) is 4.99 Å². The molecule has 27 heavy (non-hydrogen) atoms. The molecule has 2 unspecified atom stereocenters. The Morgan fingerprint density at radius 1 is 1.41 bits per heavy atom. The van der Waals surface area contributed by atoms with Gasteiger partial charge in [0.15, 0.2) is 17.4 Å². The molecule has 1 fully saturated rings. The first-order valence-corrected chi connectivity index (χ1v) is 10.1. The van der Waals surface area contributed by atoms with Crippen molar-refractivity contribution < 1.29 is 19.1 Å². The number of carbonyl (C=O) groups excluding carboxylic acids is 3. The Morgan fingerprint density at radius 3 is 2.89 bits per heavy atom. The zero-order valence-electron chi connectivity index (χ0n) is 14.8. The van der Waals surface area contributed by atoms with Gasteiger partial charge in [-0.3, -0.25) is 14.9 Å². The number of amidine groups is 1. The highest BCUT2D eigenvalue weighted by Gasteiger charge is 2.48. The van der Waals surface area contributed by atoms with Crippen LogP contribution in [0.3, 0.4) is 0 Å². The van der Waals surface area contributed by atoms with Gasteiger partial charge in [0.2, 0.25) is 0 Å². The molecule has 0 aliphatic carbocycles. The van der Waals surface area contributed by atoms with Crippen LogP contribution in [0.5, 0.6) is 0 Å². The Hall–Kier alpha value is -2.07. The summed E-state index contributed by atoms with van der Waals surface area (Å²) in [5, 5.41) is 2.89. The zero-order valence-corrected chi connectivity index (χ0v) is 17.2. The first kappa shape index (κ1) is 19.7. The smallest absolute Gasteiger partial charge is 0.325 e. The van der Waals surface area contributed by atoms with Crippen molar-refractivity contribution in [2.75, 3.05) is 19.4 Å². The lowest BCUT2D eigenvalue weighted by Gasteiger charge is -2.36. The van der Waals surface area contributed by atoms with E-state index in [-0.39, 0.29) is 11.7 Å². The first-order chi connectivity index (χ1) is 12.9. The average Bonchev–Trinajstić information content (AvgIpc) is 2.97. The fourth-order valence-electron chi connectivity index (χ4n) is 2.95. The van der Waals surface area contributed by atoms with Gasteiger partial charge in [0.25, 0.3) is 5.91 Å². The third kappa shape index (κ3) is 4.27. The molecule has 0 bridgehead atoms. The number of urea groups is 1. The Labute approximate surface area is 169 Å². The van der Waals surface area contributed by atoms with E-state index in [4.69, 9.17) is 4.74 Å². The SMILES string of the molecule is CCOC(=O)CSC1=NC2C(C(=O)NC(=O)N2C)N1Cc1cccc(Br)c1. The van der Waals surface area contributed by atoms with Gasteiger partial charge < -0.3 is 14.5 Å². The number of hydrogen-bond donors (Lipinski definition) is 1. The molecule has 2 heterocycles. The molecular formula is C17H19BrN4O4S. The van der Waals surface area contributed by atoms with Gasteiger partial charge in [0.05, 0.1) is 12.4 Å². The van der Waals surface area contributed by atoms with Crippen LogP contribution in [0.15, 0.2) is 33.7 Å². The third-order valence-corrected chi connectivity index (χ3v) is 5.66. The summed E-state index contributed by atoms with van der Waals surface area (Å²) in [5.74, 6) is -0.662. The van der Waals surface area contributed by atoms with E-state index in [9.17, 15) is 14.4 Å². The lowest BCUT2D eigenvalue weighted by atomic mass is 10.1. The van der Waals surface area contributed by atoms with Crippen LogP contribution in [0.4, 0.5) is 4.79 Å². The van der Waals surface area contributed by atoms with Gasteiger partial charge in [-0.15, -0.1) is 0 Å². The molecule has 1 saturated heterocycles. The average molecular weight is 455 g/mol. The van der Waals surface area contributed by atoms with Crippen molar-refractivity contribution in [1.82, 2.24) is 15.1 Å². The minimum absolute atomic E-state index is 0.0837. The number of fused-ring (bicyclic) bond motifs is 1. The second-order valence-electron chi connectivity index (χ2n) is 6.03. The van der Waals surface area contributed by atoms with Crippen LogP contribution in [0.2, 0.25) is 0 Å². The molecule has 0 spiro atoms. The molecule has 1 aromatic rings. The van der Waals surface area contributed by atoms with Crippen LogP contribution in [-0.4, -0.2) is 64.5 Å². The lowest BCUT2D eigenvalue weighted by Crippen LogP contribution is -2.63. The maximum atomic E-state index is 12.5. The number of esters is 1. The van der Waals surface area contributed by atoms with E-state index in [1.54, 1.807) is 14.0 Å². The van der Waals surface area contributed by atoms with Crippen LogP contribution >= 0.6 is 27.7 Å². The predicted octanol–water partition coefficient (Wildman–Crippen LogP) is 1.79. The van der Waals surface area contributed by atoms with Crippen molar-refractivity contribution in [3.63, 3.8) is 0 Å². The number of ether oxygens (including phenoxy) is 1. The van der Waals surface area contributed by atoms with E-state index in [0.717, 1.165) is 10.0 Å². The molecule has 2 atom stereocenters. The highest BCUT2D eigenvalue weighted by molar-refractivity contribution is 9.10. The molecule has 2 aliphatic heterocycles. The van der Waals surface area contributed by atoms with Gasteiger partial charge >= 0.3 is 12.0 Å². The molecule has 0 radical (unpaired) electrons. The van der Waals surface area contributed by atoms with Crippen LogP contribution in [0.25, 0.3) is 0 Å². The number of nitrogens with zero attached hydrogens (tertiary/aromatic N) is 3. The minimum Gasteiger partial charge on any atom is -0.465 e. The number of carbonyl (C=O) groups is 3. The van der Waals surface area contributed by atoms with Gasteiger partial charge in [-0.05, 0) is 24.6 Å². The predicted molar refractivity (Wildman–Crippen MR) is 105 cm³/mol. The Bertz CT molecular complexity index is 803. The summed E-state index contributed by atoms with van der Waals surface area (Å²) in [6, 6.07) is 6.60. The molecule has 3 rings (SSSR count). The van der Waals surface area contributed by atoms with Crippen LogP contribution in [0, 0.1) is 0 Å². The van der Waals surface area contributed by atoms with E-state index >= 15 is 0 Å². The summed E-state index contributed by atoms with van der Waals surface area (Å²) in [4.78, 5) is 44.0. The molecular weight excluding hydrogens is 436 g/mol. The summed E-state index contributed by atoms with van der Waals surface area (Å²) in [6.07, 6.45) is -0.622. The zero-order chi connectivity index (χ0) is 19.6. The van der Waals surface area contributed by atoms with E-state index in [1.165, 1.54) is 16.7 Å². The monoisotopic (exact) mass is 454 g/mol. The van der Waals surface area contributed by atoms with E-state index < -0.39 is 24.1 Å². The maximum Gasteiger partial charge on any atom is 0.325 e. The van der Waals surface area contributed by atoms with Crippen molar-refractivity contribution >= 4 is 50.8 Å². The van der Waals surface area contributed by atoms with Crippen molar-refractivity contribution in [3.05, 3.63) is 34.3 Å². The summed E-state index contributed by atoms with van der Waals surface area (Å²) >= 11 is 4.65. The number of hydrogen-bond acceptors (Lipinski definition) is 7. The fraction of sp³-hybridized carbons (Fsp3) is 0.412. The van der Waals surface area contributed by atoms with Crippen LogP contribution in [-0.2, 0) is 20.9 Å². The summed E-state index contributed by atoms with van der Waals surface area (Å²) in [6.45, 7) is 2.47. The number of imide groups is 1. The van der Waals surface area contributed by atoms with Gasteiger partial charge in [0.1, 0.15) is 0 Å². The summed E-state index contributed by atoms with van der Waals surface area (Å²) < 4.78 is 5.89. The molecule has 1 aromatic carbocycles. The number of benzene rings is 1. The Kier molecular flexibility index (Phi) is 6.05. The van der Waals surface area contributed by atoms with Crippen molar-refractivity contribution in [2.45, 2.75) is 25.7 Å². The third-order valence-electron chi connectivity index (χ3n) is 4.19. The molecule has 0 saturated carbocycles. The largest absolute Gasteiger partial charge is 0.465 e. The van der Waals surface area contributed by atoms with Gasteiger partial charge in [-0.1, -0.05) is 39.8 Å². The Balaban J connectivity index is 1.85. The highest BCUT2D eigenvalue weighted by Crippen LogP contribution is 2.30. The standard InChI is InChI=1S/C17H19BrN4O4S/c1-3-26-12(23)9-27-17-19-14-13(15(24)20-16(25)21(14)2)22(17)8-10-5-4-6-11(18)7-10/h4-7,13-14H,3,8-9H2,1-2H3,(H,20,24,25). The Morgan fingerprint density at radius 2 is 2.19 bits per heavy atom. The van der Waals surface area contributed by atoms with E-state index in [1.807, 2.05) is 29.2 Å². The molecule has 10 heteroatoms. The molecule has 3 amide bonds. The fourth-order valence-corrected chi connectivity index (χ4v) is 4.25. The maximum absolute atomic E-state index is 12.5. The highest BCUT2D eigenvalue weighted by atomic mass is 79.9. The number of rotatable bonds is 5. The van der Waals surface area contributed by atoms with E-state index in [2.05, 4.69) is 26.2 Å². The molecule has 2 aliphatic rings.